The highest BCUT2D eigenvalue weighted by atomic mass is 35.5. The number of halogens is 2. The third-order valence-corrected chi connectivity index (χ3v) is 4.46. The van der Waals surface area contributed by atoms with Crippen molar-refractivity contribution in [3.63, 3.8) is 0 Å². The largest absolute Gasteiger partial charge is 0.335 e. The number of amides is 1. The standard InChI is InChI=1S/C17H19ClFN3O/c18-15-4-2-5-16(19)14(15)11-22(13-7-8-13)17(23)6-1-3-12-9-20-21-10-12/h2,4-5,9-10,13H,1,3,6-8,11H2,(H,20,21). The van der Waals surface area contributed by atoms with Gasteiger partial charge in [-0.1, -0.05) is 17.7 Å². The molecule has 0 spiro atoms. The van der Waals surface area contributed by atoms with Gasteiger partial charge in [0.15, 0.2) is 0 Å². The molecule has 1 fully saturated rings. The number of aromatic amines is 1. The van der Waals surface area contributed by atoms with Crippen LogP contribution in [-0.2, 0) is 17.8 Å². The Kier molecular flexibility index (Phi) is 4.96. The van der Waals surface area contributed by atoms with E-state index < -0.39 is 0 Å². The molecule has 6 heteroatoms. The molecular formula is C17H19ClFN3O. The lowest BCUT2D eigenvalue weighted by Crippen LogP contribution is -2.33. The summed E-state index contributed by atoms with van der Waals surface area (Å²) in [6.07, 6.45) is 7.59. The van der Waals surface area contributed by atoms with Crippen LogP contribution in [0.5, 0.6) is 0 Å². The quantitative estimate of drug-likeness (QED) is 0.838. The maximum atomic E-state index is 14.0. The van der Waals surface area contributed by atoms with Crippen LogP contribution in [0.2, 0.25) is 5.02 Å². The second kappa shape index (κ2) is 7.13. The molecule has 2 aromatic rings. The van der Waals surface area contributed by atoms with Crippen molar-refractivity contribution in [3.8, 4) is 0 Å². The van der Waals surface area contributed by atoms with Gasteiger partial charge in [-0.3, -0.25) is 9.89 Å². The van der Waals surface area contributed by atoms with Crippen LogP contribution < -0.4 is 0 Å². The van der Waals surface area contributed by atoms with Crippen molar-refractivity contribution in [1.82, 2.24) is 15.1 Å². The first kappa shape index (κ1) is 16.0. The lowest BCUT2D eigenvalue weighted by atomic mass is 10.1. The Hall–Kier alpha value is -1.88. The molecule has 0 saturated heterocycles. The second-order valence-corrected chi connectivity index (χ2v) is 6.32. The number of H-pyrrole nitrogens is 1. The zero-order valence-corrected chi connectivity index (χ0v) is 13.5. The van der Waals surface area contributed by atoms with E-state index in [1.54, 1.807) is 23.2 Å². The minimum absolute atomic E-state index is 0.0651. The maximum absolute atomic E-state index is 14.0. The van der Waals surface area contributed by atoms with Gasteiger partial charge in [0.2, 0.25) is 5.91 Å². The molecule has 23 heavy (non-hydrogen) atoms. The van der Waals surface area contributed by atoms with Gasteiger partial charge >= 0.3 is 0 Å². The third-order valence-electron chi connectivity index (χ3n) is 4.11. The lowest BCUT2D eigenvalue weighted by Gasteiger charge is -2.23. The molecule has 1 saturated carbocycles. The Morgan fingerprint density at radius 3 is 2.91 bits per heavy atom. The zero-order valence-electron chi connectivity index (χ0n) is 12.8. The summed E-state index contributed by atoms with van der Waals surface area (Å²) in [7, 11) is 0. The Bertz CT molecular complexity index is 650. The van der Waals surface area contributed by atoms with Crippen molar-refractivity contribution in [2.75, 3.05) is 0 Å². The molecule has 1 aromatic carbocycles. The maximum Gasteiger partial charge on any atom is 0.223 e. The second-order valence-electron chi connectivity index (χ2n) is 5.91. The van der Waals surface area contributed by atoms with Crippen molar-refractivity contribution in [2.45, 2.75) is 44.7 Å². The average molecular weight is 336 g/mol. The van der Waals surface area contributed by atoms with E-state index in [2.05, 4.69) is 10.2 Å². The number of aryl methyl sites for hydroxylation is 1. The molecule has 1 aliphatic carbocycles. The number of carbonyl (C=O) groups is 1. The van der Waals surface area contributed by atoms with Gasteiger partial charge in [0.1, 0.15) is 5.82 Å². The van der Waals surface area contributed by atoms with Crippen molar-refractivity contribution in [3.05, 3.63) is 52.6 Å². The van der Waals surface area contributed by atoms with Crippen LogP contribution in [0.3, 0.4) is 0 Å². The molecule has 1 aliphatic rings. The molecule has 3 rings (SSSR count). The van der Waals surface area contributed by atoms with E-state index in [-0.39, 0.29) is 24.3 Å². The number of hydrogen-bond donors (Lipinski definition) is 1. The number of rotatable bonds is 7. The van der Waals surface area contributed by atoms with Crippen molar-refractivity contribution >= 4 is 17.5 Å². The van der Waals surface area contributed by atoms with E-state index in [1.807, 2.05) is 6.20 Å². The summed E-state index contributed by atoms with van der Waals surface area (Å²) in [5, 5.41) is 7.03. The van der Waals surface area contributed by atoms with Gasteiger partial charge < -0.3 is 4.90 Å². The van der Waals surface area contributed by atoms with Crippen LogP contribution in [0.15, 0.2) is 30.6 Å². The van der Waals surface area contributed by atoms with Gasteiger partial charge in [-0.25, -0.2) is 4.39 Å². The van der Waals surface area contributed by atoms with E-state index in [0.717, 1.165) is 31.2 Å². The number of nitrogens with one attached hydrogen (secondary N) is 1. The predicted molar refractivity (Wildman–Crippen MR) is 86.5 cm³/mol. The van der Waals surface area contributed by atoms with E-state index >= 15 is 0 Å². The molecule has 0 unspecified atom stereocenters. The van der Waals surface area contributed by atoms with Gasteiger partial charge in [0.25, 0.3) is 0 Å². The minimum Gasteiger partial charge on any atom is -0.335 e. The van der Waals surface area contributed by atoms with Crippen molar-refractivity contribution in [1.29, 1.82) is 0 Å². The summed E-state index contributed by atoms with van der Waals surface area (Å²) in [4.78, 5) is 14.3. The minimum atomic E-state index is -0.352. The van der Waals surface area contributed by atoms with Crippen molar-refractivity contribution < 1.29 is 9.18 Å². The fraction of sp³-hybridized carbons (Fsp3) is 0.412. The molecular weight excluding hydrogens is 317 g/mol. The fourth-order valence-corrected chi connectivity index (χ4v) is 2.89. The molecule has 0 bridgehead atoms. The van der Waals surface area contributed by atoms with E-state index in [9.17, 15) is 9.18 Å². The highest BCUT2D eigenvalue weighted by Gasteiger charge is 2.33. The topological polar surface area (TPSA) is 49.0 Å². The number of carbonyl (C=O) groups excluding carboxylic acids is 1. The molecule has 122 valence electrons. The normalized spacial score (nSPS) is 14.0. The number of hydrogen-bond acceptors (Lipinski definition) is 2. The van der Waals surface area contributed by atoms with Gasteiger partial charge in [-0.2, -0.15) is 5.10 Å². The van der Waals surface area contributed by atoms with Crippen LogP contribution in [0.1, 0.15) is 36.8 Å². The summed E-state index contributed by atoms with van der Waals surface area (Å²) >= 11 is 6.09. The van der Waals surface area contributed by atoms with Gasteiger partial charge in [0.05, 0.1) is 12.7 Å². The van der Waals surface area contributed by atoms with Crippen LogP contribution in [0.4, 0.5) is 4.39 Å². The molecule has 0 radical (unpaired) electrons. The Morgan fingerprint density at radius 2 is 2.26 bits per heavy atom. The monoisotopic (exact) mass is 335 g/mol. The number of nitrogens with zero attached hydrogens (tertiary/aromatic N) is 2. The first-order valence-corrected chi connectivity index (χ1v) is 8.23. The summed E-state index contributed by atoms with van der Waals surface area (Å²) < 4.78 is 14.0. The molecule has 0 atom stereocenters. The first-order valence-electron chi connectivity index (χ1n) is 7.85. The smallest absolute Gasteiger partial charge is 0.223 e. The van der Waals surface area contributed by atoms with Gasteiger partial charge in [-0.15, -0.1) is 0 Å². The lowest BCUT2D eigenvalue weighted by molar-refractivity contribution is -0.132. The zero-order chi connectivity index (χ0) is 16.2. The van der Waals surface area contributed by atoms with Crippen LogP contribution in [-0.4, -0.2) is 27.0 Å². The predicted octanol–water partition coefficient (Wildman–Crippen LogP) is 3.72. The van der Waals surface area contributed by atoms with Gasteiger partial charge in [-0.05, 0) is 43.4 Å². The van der Waals surface area contributed by atoms with Crippen LogP contribution in [0, 0.1) is 5.82 Å². The highest BCUT2D eigenvalue weighted by Crippen LogP contribution is 2.31. The third kappa shape index (κ3) is 4.10. The number of benzene rings is 1. The summed E-state index contributed by atoms with van der Waals surface area (Å²) in [6.45, 7) is 0.251. The summed E-state index contributed by atoms with van der Waals surface area (Å²) in [5.41, 5.74) is 1.50. The number of aromatic nitrogens is 2. The molecule has 0 aliphatic heterocycles. The van der Waals surface area contributed by atoms with Crippen LogP contribution in [0.25, 0.3) is 0 Å². The van der Waals surface area contributed by atoms with Gasteiger partial charge in [0, 0.05) is 29.2 Å². The molecule has 1 N–H and O–H groups in total. The Morgan fingerprint density at radius 1 is 1.43 bits per heavy atom. The summed E-state index contributed by atoms with van der Waals surface area (Å²) in [6, 6.07) is 4.85. The molecule has 4 nitrogen and oxygen atoms in total. The van der Waals surface area contributed by atoms with E-state index in [0.29, 0.717) is 17.0 Å². The van der Waals surface area contributed by atoms with Crippen LogP contribution >= 0.6 is 11.6 Å². The fourth-order valence-electron chi connectivity index (χ4n) is 2.66. The average Bonchev–Trinajstić information content (AvgIpc) is 3.23. The summed E-state index contributed by atoms with van der Waals surface area (Å²) in [5.74, 6) is -0.287. The SMILES string of the molecule is O=C(CCCc1cn[nH]c1)N(Cc1c(F)cccc1Cl)C1CC1. The molecule has 1 amide bonds. The van der Waals surface area contributed by atoms with E-state index in [4.69, 9.17) is 11.6 Å². The van der Waals surface area contributed by atoms with Crippen molar-refractivity contribution in [2.24, 2.45) is 0 Å². The first-order chi connectivity index (χ1) is 11.1. The molecule has 1 heterocycles. The Balaban J connectivity index is 1.61. The Labute approximate surface area is 139 Å². The highest BCUT2D eigenvalue weighted by molar-refractivity contribution is 6.31. The van der Waals surface area contributed by atoms with E-state index in [1.165, 1.54) is 6.07 Å². The molecule has 1 aromatic heterocycles.